The van der Waals surface area contributed by atoms with Crippen LogP contribution in [-0.4, -0.2) is 79.1 Å². The highest BCUT2D eigenvalue weighted by Crippen LogP contribution is 2.43. The smallest absolute Gasteiger partial charge is 0.209 e. The molecule has 0 spiro atoms. The number of carbonyl (C=O) groups is 1. The Morgan fingerprint density at radius 3 is 2.68 bits per heavy atom. The van der Waals surface area contributed by atoms with Gasteiger partial charge in [-0.25, -0.2) is 9.97 Å². The van der Waals surface area contributed by atoms with E-state index in [9.17, 15) is 4.79 Å². The lowest BCUT2D eigenvalue weighted by Crippen LogP contribution is -2.53. The molecule has 1 aromatic carbocycles. The molecule has 0 bridgehead atoms. The van der Waals surface area contributed by atoms with E-state index in [1.165, 1.54) is 5.56 Å². The number of piperazine rings is 1. The van der Waals surface area contributed by atoms with Gasteiger partial charge in [0.1, 0.15) is 17.2 Å². The molecule has 2 aromatic heterocycles. The van der Waals surface area contributed by atoms with Crippen LogP contribution in [0.1, 0.15) is 35.8 Å². The molecule has 3 aromatic rings. The van der Waals surface area contributed by atoms with E-state index < -0.39 is 0 Å². The second-order valence-electron chi connectivity index (χ2n) is 10.2. The number of fused-ring (bicyclic) bond motifs is 2. The third-order valence-electron chi connectivity index (χ3n) is 8.06. The zero-order chi connectivity index (χ0) is 24.9. The molecular weight excluding hydrogens is 482 g/mol. The summed E-state index contributed by atoms with van der Waals surface area (Å²) in [6, 6.07) is 11.0. The number of rotatable bonds is 5. The fraction of sp³-hybridized carbons (Fsp3) is 0.357. The summed E-state index contributed by atoms with van der Waals surface area (Å²) >= 11 is 1.82. The maximum atomic E-state index is 11.0. The molecule has 7 rings (SSSR count). The minimum absolute atomic E-state index is 0.0800. The van der Waals surface area contributed by atoms with E-state index in [-0.39, 0.29) is 6.04 Å². The number of hydrogen-bond acceptors (Lipinski definition) is 7. The van der Waals surface area contributed by atoms with E-state index in [2.05, 4.69) is 56.8 Å². The van der Waals surface area contributed by atoms with Crippen molar-refractivity contribution in [2.24, 2.45) is 4.99 Å². The Bertz CT molecular complexity index is 1430. The number of nitrogens with zero attached hydrogens (tertiary/aromatic N) is 6. The third kappa shape index (κ3) is 3.97. The van der Waals surface area contributed by atoms with Gasteiger partial charge in [-0.1, -0.05) is 54.2 Å². The van der Waals surface area contributed by atoms with Crippen LogP contribution in [0, 0.1) is 0 Å². The van der Waals surface area contributed by atoms with Gasteiger partial charge in [-0.15, -0.1) is 0 Å². The molecular formula is C28H29N7OS. The summed E-state index contributed by atoms with van der Waals surface area (Å²) < 4.78 is 2.14. The number of imidazole rings is 1. The average Bonchev–Trinajstić information content (AvgIpc) is 3.51. The molecule has 8 nitrogen and oxygen atoms in total. The first-order chi connectivity index (χ1) is 18.2. The second kappa shape index (κ2) is 9.15. The first kappa shape index (κ1) is 22.7. The molecule has 0 radical (unpaired) electrons. The molecule has 37 heavy (non-hydrogen) atoms. The van der Waals surface area contributed by atoms with Gasteiger partial charge in [0.25, 0.3) is 0 Å². The molecule has 2 atom stereocenters. The topological polar surface area (TPSA) is 92.1 Å². The third-order valence-corrected chi connectivity index (χ3v) is 9.34. The highest BCUT2D eigenvalue weighted by molar-refractivity contribution is 8.15. The van der Waals surface area contributed by atoms with Crippen LogP contribution in [0.4, 0.5) is 5.82 Å². The summed E-state index contributed by atoms with van der Waals surface area (Å²) in [5, 5.41) is 1.39. The largest absolute Gasteiger partial charge is 0.382 e. The first-order valence-electron chi connectivity index (χ1n) is 12.9. The van der Waals surface area contributed by atoms with Gasteiger partial charge in [-0.05, 0) is 18.9 Å². The van der Waals surface area contributed by atoms with Crippen molar-refractivity contribution in [2.45, 2.75) is 36.1 Å². The van der Waals surface area contributed by atoms with E-state index >= 15 is 0 Å². The molecule has 1 saturated heterocycles. The van der Waals surface area contributed by atoms with Crippen LogP contribution in [0.25, 0.3) is 11.1 Å². The van der Waals surface area contributed by atoms with Crippen molar-refractivity contribution < 1.29 is 4.79 Å². The van der Waals surface area contributed by atoms with Crippen LogP contribution in [0.2, 0.25) is 0 Å². The quantitative estimate of drug-likeness (QED) is 0.529. The van der Waals surface area contributed by atoms with E-state index in [0.29, 0.717) is 23.0 Å². The number of nitrogen functional groups attached to an aromatic ring is 1. The van der Waals surface area contributed by atoms with Crippen molar-refractivity contribution in [3.05, 3.63) is 78.0 Å². The molecule has 2 aliphatic carbocycles. The van der Waals surface area contributed by atoms with Crippen LogP contribution in [0.3, 0.4) is 0 Å². The van der Waals surface area contributed by atoms with Crippen molar-refractivity contribution in [1.29, 1.82) is 0 Å². The van der Waals surface area contributed by atoms with E-state index in [0.717, 1.165) is 73.1 Å². The Hall–Kier alpha value is -3.43. The number of anilines is 1. The zero-order valence-electron chi connectivity index (χ0n) is 20.5. The van der Waals surface area contributed by atoms with Crippen molar-refractivity contribution in [3.8, 4) is 0 Å². The van der Waals surface area contributed by atoms with Crippen molar-refractivity contribution in [2.75, 3.05) is 31.9 Å². The van der Waals surface area contributed by atoms with Crippen molar-refractivity contribution >= 4 is 40.1 Å². The fourth-order valence-electron chi connectivity index (χ4n) is 5.92. The number of nitrogens with two attached hydrogens (primary N) is 1. The van der Waals surface area contributed by atoms with E-state index in [4.69, 9.17) is 15.7 Å². The number of aromatic nitrogens is 3. The number of amides is 1. The SMILES string of the molecule is Nc1nccn2c1c(C1=CC3N=C(c4ccccc4)SC3C=C1)nc2[C@H]1C[C@@H](N2CCN(C=O)CC2)C1. The Labute approximate surface area is 220 Å². The summed E-state index contributed by atoms with van der Waals surface area (Å²) in [5.41, 5.74) is 10.4. The van der Waals surface area contributed by atoms with Crippen LogP contribution >= 0.6 is 11.8 Å². The Morgan fingerprint density at radius 2 is 1.89 bits per heavy atom. The summed E-state index contributed by atoms with van der Waals surface area (Å²) in [7, 11) is 0. The van der Waals surface area contributed by atoms with Crippen LogP contribution in [0.15, 0.2) is 65.9 Å². The van der Waals surface area contributed by atoms with Gasteiger partial charge < -0.3 is 10.6 Å². The molecule has 1 amide bonds. The van der Waals surface area contributed by atoms with Crippen molar-refractivity contribution in [3.63, 3.8) is 0 Å². The van der Waals surface area contributed by atoms with E-state index in [1.54, 1.807) is 6.20 Å². The van der Waals surface area contributed by atoms with Gasteiger partial charge in [0.05, 0.1) is 22.0 Å². The Morgan fingerprint density at radius 1 is 1.08 bits per heavy atom. The van der Waals surface area contributed by atoms with Crippen molar-refractivity contribution in [1.82, 2.24) is 24.2 Å². The minimum Gasteiger partial charge on any atom is -0.382 e. The van der Waals surface area contributed by atoms with Crippen LogP contribution < -0.4 is 5.73 Å². The maximum Gasteiger partial charge on any atom is 0.209 e. The monoisotopic (exact) mass is 511 g/mol. The molecule has 2 aliphatic heterocycles. The lowest BCUT2D eigenvalue weighted by atomic mass is 9.78. The molecule has 1 saturated carbocycles. The fourth-order valence-corrected chi connectivity index (χ4v) is 7.07. The van der Waals surface area contributed by atoms with Crippen LogP contribution in [-0.2, 0) is 4.79 Å². The van der Waals surface area contributed by atoms with E-state index in [1.807, 2.05) is 28.9 Å². The normalized spacial score (nSPS) is 27.5. The Balaban J connectivity index is 1.16. The lowest BCUT2D eigenvalue weighted by Gasteiger charge is -2.45. The van der Waals surface area contributed by atoms with Gasteiger partial charge in [-0.2, -0.15) is 0 Å². The highest BCUT2D eigenvalue weighted by Gasteiger charge is 2.39. The summed E-state index contributed by atoms with van der Waals surface area (Å²) in [6.07, 6.45) is 13.5. The first-order valence-corrected chi connectivity index (χ1v) is 13.8. The predicted molar refractivity (Wildman–Crippen MR) is 148 cm³/mol. The molecule has 2 fully saturated rings. The molecule has 4 heterocycles. The molecule has 2 N–H and O–H groups in total. The average molecular weight is 512 g/mol. The highest BCUT2D eigenvalue weighted by atomic mass is 32.2. The molecule has 9 heteroatoms. The Kier molecular flexibility index (Phi) is 5.62. The minimum atomic E-state index is 0.0800. The number of thioether (sulfide) groups is 1. The molecule has 2 unspecified atom stereocenters. The summed E-state index contributed by atoms with van der Waals surface area (Å²) in [4.78, 5) is 30.1. The summed E-state index contributed by atoms with van der Waals surface area (Å²) in [6.45, 7) is 3.53. The maximum absolute atomic E-state index is 11.0. The zero-order valence-corrected chi connectivity index (χ0v) is 21.3. The number of allylic oxidation sites excluding steroid dienone is 2. The number of carbonyl (C=O) groups excluding carboxylic acids is 1. The summed E-state index contributed by atoms with van der Waals surface area (Å²) in [5.74, 6) is 1.94. The van der Waals surface area contributed by atoms with Gasteiger partial charge in [0.15, 0.2) is 0 Å². The van der Waals surface area contributed by atoms with Crippen LogP contribution in [0.5, 0.6) is 0 Å². The number of hydrogen-bond donors (Lipinski definition) is 1. The van der Waals surface area contributed by atoms with Gasteiger partial charge >= 0.3 is 0 Å². The van der Waals surface area contributed by atoms with Gasteiger partial charge in [0, 0.05) is 61.7 Å². The lowest BCUT2D eigenvalue weighted by molar-refractivity contribution is -0.120. The molecule has 188 valence electrons. The second-order valence-corrected chi connectivity index (χ2v) is 11.4. The molecule has 4 aliphatic rings. The standard InChI is InChI=1S/C28H29N7OS/c29-26-25-24(19-6-7-23-22(16-19)31-28(37-23)18-4-2-1-3-5-18)32-27(35(25)9-8-30-26)20-14-21(15-20)34-12-10-33(17-36)11-13-34/h1-9,16-17,20-23H,10-15H2,(H2,29,30)/t20-,21+,22?,23?. The number of benzene rings is 1. The van der Waals surface area contributed by atoms with Gasteiger partial charge in [0.2, 0.25) is 6.41 Å². The predicted octanol–water partition coefficient (Wildman–Crippen LogP) is 3.22. The number of aliphatic imine (C=N–C) groups is 1. The van der Waals surface area contributed by atoms with Gasteiger partial charge in [-0.3, -0.25) is 19.1 Å².